The van der Waals surface area contributed by atoms with E-state index in [-0.39, 0.29) is 0 Å². The first kappa shape index (κ1) is 9.46. The first-order valence-corrected chi connectivity index (χ1v) is 5.71. The van der Waals surface area contributed by atoms with E-state index >= 15 is 0 Å². The molecule has 1 nitrogen and oxygen atoms in total. The van der Waals surface area contributed by atoms with Crippen molar-refractivity contribution in [2.45, 2.75) is 5.92 Å². The lowest BCUT2D eigenvalue weighted by Crippen LogP contribution is -2.15. The molecule has 1 unspecified atom stereocenters. The molecule has 0 radical (unpaired) electrons. The molecule has 0 saturated heterocycles. The van der Waals surface area contributed by atoms with Crippen molar-refractivity contribution < 1.29 is 0 Å². The van der Waals surface area contributed by atoms with E-state index in [4.69, 9.17) is 0 Å². The van der Waals surface area contributed by atoms with Gasteiger partial charge < -0.3 is 4.90 Å². The second kappa shape index (κ2) is 3.67. The summed E-state index contributed by atoms with van der Waals surface area (Å²) in [7, 11) is 2.17. The summed E-state index contributed by atoms with van der Waals surface area (Å²) in [6.07, 6.45) is 0. The van der Waals surface area contributed by atoms with Crippen molar-refractivity contribution in [3.8, 4) is 0 Å². The van der Waals surface area contributed by atoms with Gasteiger partial charge in [0, 0.05) is 25.2 Å². The van der Waals surface area contributed by atoms with Crippen LogP contribution in [0.15, 0.2) is 54.6 Å². The molecule has 1 heteroatoms. The molecule has 0 saturated carbocycles. The molecule has 3 rings (SSSR count). The molecular formula is C15H15N. The average Bonchev–Trinajstić information content (AvgIpc) is 2.69. The number of fused-ring (bicyclic) bond motifs is 1. The van der Waals surface area contributed by atoms with Crippen molar-refractivity contribution in [3.63, 3.8) is 0 Å². The van der Waals surface area contributed by atoms with Gasteiger partial charge in [-0.05, 0) is 17.2 Å². The number of benzene rings is 2. The topological polar surface area (TPSA) is 3.24 Å². The van der Waals surface area contributed by atoms with E-state index < -0.39 is 0 Å². The highest BCUT2D eigenvalue weighted by molar-refractivity contribution is 5.62. The fourth-order valence-corrected chi connectivity index (χ4v) is 2.57. The van der Waals surface area contributed by atoms with Crippen LogP contribution in [-0.2, 0) is 0 Å². The molecule has 16 heavy (non-hydrogen) atoms. The molecule has 1 heterocycles. The fraction of sp³-hybridized carbons (Fsp3) is 0.200. The number of nitrogens with zero attached hydrogens (tertiary/aromatic N) is 1. The van der Waals surface area contributed by atoms with Crippen LogP contribution in [0.25, 0.3) is 0 Å². The Morgan fingerprint density at radius 3 is 2.44 bits per heavy atom. The van der Waals surface area contributed by atoms with Gasteiger partial charge in [-0.25, -0.2) is 0 Å². The van der Waals surface area contributed by atoms with Crippen LogP contribution < -0.4 is 4.90 Å². The highest BCUT2D eigenvalue weighted by atomic mass is 15.1. The second-order valence-electron chi connectivity index (χ2n) is 4.40. The van der Waals surface area contributed by atoms with Crippen molar-refractivity contribution >= 4 is 5.69 Å². The Balaban J connectivity index is 2.07. The van der Waals surface area contributed by atoms with Gasteiger partial charge in [0.25, 0.3) is 0 Å². The van der Waals surface area contributed by atoms with Crippen molar-refractivity contribution in [2.75, 3.05) is 18.5 Å². The maximum atomic E-state index is 2.34. The number of likely N-dealkylation sites (N-methyl/N-ethyl adjacent to an activating group) is 1. The minimum absolute atomic E-state index is 0.530. The standard InChI is InChI=1S/C15H15N/c1-16-11-14(12-7-3-2-4-8-12)13-9-5-6-10-15(13)16/h2-10,14H,11H2,1H3. The summed E-state index contributed by atoms with van der Waals surface area (Å²) < 4.78 is 0. The monoisotopic (exact) mass is 209 g/mol. The Hall–Kier alpha value is -1.76. The maximum absolute atomic E-state index is 2.34. The fourth-order valence-electron chi connectivity index (χ4n) is 2.57. The molecule has 0 aromatic heterocycles. The molecule has 0 spiro atoms. The molecule has 0 amide bonds. The van der Waals surface area contributed by atoms with E-state index in [1.54, 1.807) is 0 Å². The van der Waals surface area contributed by atoms with E-state index in [0.717, 1.165) is 6.54 Å². The molecule has 2 aromatic rings. The number of hydrogen-bond acceptors (Lipinski definition) is 1. The van der Waals surface area contributed by atoms with Gasteiger partial charge in [-0.15, -0.1) is 0 Å². The predicted molar refractivity (Wildman–Crippen MR) is 68.0 cm³/mol. The van der Waals surface area contributed by atoms with Gasteiger partial charge in [-0.3, -0.25) is 0 Å². The van der Waals surface area contributed by atoms with Gasteiger partial charge in [0.05, 0.1) is 0 Å². The third-order valence-electron chi connectivity index (χ3n) is 3.38. The molecule has 0 aliphatic carbocycles. The van der Waals surface area contributed by atoms with Crippen LogP contribution in [0.3, 0.4) is 0 Å². The molecular weight excluding hydrogens is 194 g/mol. The summed E-state index contributed by atoms with van der Waals surface area (Å²) in [5.74, 6) is 0.530. The van der Waals surface area contributed by atoms with Crippen LogP contribution in [0.5, 0.6) is 0 Å². The SMILES string of the molecule is CN1CC(c2ccccc2)c2ccccc21. The smallest absolute Gasteiger partial charge is 0.0403 e. The van der Waals surface area contributed by atoms with Gasteiger partial charge in [-0.2, -0.15) is 0 Å². The van der Waals surface area contributed by atoms with E-state index in [0.29, 0.717) is 5.92 Å². The Kier molecular flexibility index (Phi) is 2.17. The van der Waals surface area contributed by atoms with Gasteiger partial charge in [0.2, 0.25) is 0 Å². The minimum atomic E-state index is 0.530. The Morgan fingerprint density at radius 1 is 0.938 bits per heavy atom. The minimum Gasteiger partial charge on any atom is -0.373 e. The lowest BCUT2D eigenvalue weighted by molar-refractivity contribution is 0.837. The van der Waals surface area contributed by atoms with E-state index in [9.17, 15) is 0 Å². The summed E-state index contributed by atoms with van der Waals surface area (Å²) in [5, 5.41) is 0. The quantitative estimate of drug-likeness (QED) is 0.696. The molecule has 80 valence electrons. The van der Waals surface area contributed by atoms with Crippen molar-refractivity contribution in [3.05, 3.63) is 65.7 Å². The highest BCUT2D eigenvalue weighted by Gasteiger charge is 2.26. The molecule has 2 aromatic carbocycles. The maximum Gasteiger partial charge on any atom is 0.0403 e. The molecule has 0 bridgehead atoms. The van der Waals surface area contributed by atoms with Crippen LogP contribution in [0, 0.1) is 0 Å². The Bertz CT molecular complexity index is 490. The Morgan fingerprint density at radius 2 is 1.62 bits per heavy atom. The third kappa shape index (κ3) is 1.40. The molecule has 0 N–H and O–H groups in total. The van der Waals surface area contributed by atoms with E-state index in [1.807, 2.05) is 0 Å². The molecule has 1 aliphatic rings. The van der Waals surface area contributed by atoms with Crippen LogP contribution in [0.2, 0.25) is 0 Å². The lowest BCUT2D eigenvalue weighted by Gasteiger charge is -2.12. The normalized spacial score (nSPS) is 18.6. The number of rotatable bonds is 1. The average molecular weight is 209 g/mol. The number of anilines is 1. The van der Waals surface area contributed by atoms with Crippen LogP contribution in [0.1, 0.15) is 17.0 Å². The summed E-state index contributed by atoms with van der Waals surface area (Å²) in [5.41, 5.74) is 4.24. The number of hydrogen-bond donors (Lipinski definition) is 0. The zero-order chi connectivity index (χ0) is 11.0. The summed E-state index contributed by atoms with van der Waals surface area (Å²) in [6.45, 7) is 1.09. The second-order valence-corrected chi connectivity index (χ2v) is 4.40. The lowest BCUT2D eigenvalue weighted by atomic mass is 9.93. The van der Waals surface area contributed by atoms with E-state index in [2.05, 4.69) is 66.5 Å². The van der Waals surface area contributed by atoms with Gasteiger partial charge >= 0.3 is 0 Å². The van der Waals surface area contributed by atoms with Gasteiger partial charge in [-0.1, -0.05) is 48.5 Å². The Labute approximate surface area is 96.3 Å². The molecule has 1 aliphatic heterocycles. The third-order valence-corrected chi connectivity index (χ3v) is 3.38. The van der Waals surface area contributed by atoms with Gasteiger partial charge in [0.1, 0.15) is 0 Å². The predicted octanol–water partition coefficient (Wildman–Crippen LogP) is 3.27. The van der Waals surface area contributed by atoms with Crippen molar-refractivity contribution in [1.29, 1.82) is 0 Å². The van der Waals surface area contributed by atoms with Crippen LogP contribution >= 0.6 is 0 Å². The summed E-state index contributed by atoms with van der Waals surface area (Å²) in [4.78, 5) is 2.34. The van der Waals surface area contributed by atoms with Crippen molar-refractivity contribution in [2.24, 2.45) is 0 Å². The zero-order valence-electron chi connectivity index (χ0n) is 9.43. The zero-order valence-corrected chi connectivity index (χ0v) is 9.43. The first-order chi connectivity index (χ1) is 7.86. The summed E-state index contributed by atoms with van der Waals surface area (Å²) in [6, 6.07) is 19.5. The van der Waals surface area contributed by atoms with E-state index in [1.165, 1.54) is 16.8 Å². The highest BCUT2D eigenvalue weighted by Crippen LogP contribution is 2.38. The van der Waals surface area contributed by atoms with Crippen LogP contribution in [0.4, 0.5) is 5.69 Å². The molecule has 1 atom stereocenters. The largest absolute Gasteiger partial charge is 0.373 e. The molecule has 0 fully saturated rings. The van der Waals surface area contributed by atoms with Crippen LogP contribution in [-0.4, -0.2) is 13.6 Å². The number of para-hydroxylation sites is 1. The van der Waals surface area contributed by atoms with Gasteiger partial charge in [0.15, 0.2) is 0 Å². The summed E-state index contributed by atoms with van der Waals surface area (Å²) >= 11 is 0. The van der Waals surface area contributed by atoms with Crippen molar-refractivity contribution in [1.82, 2.24) is 0 Å². The first-order valence-electron chi connectivity index (χ1n) is 5.71.